The number of aromatic carboxylic acids is 1. The minimum atomic E-state index is -1.01. The van der Waals surface area contributed by atoms with Crippen molar-refractivity contribution in [2.24, 2.45) is 13.0 Å². The highest BCUT2D eigenvalue weighted by atomic mass is 79.9. The number of nitrogens with zero attached hydrogens (tertiary/aromatic N) is 6. The van der Waals surface area contributed by atoms with Crippen LogP contribution in [0.1, 0.15) is 30.1 Å². The molecule has 5 aromatic rings. The van der Waals surface area contributed by atoms with Crippen LogP contribution in [0.4, 0.5) is 5.95 Å². The van der Waals surface area contributed by atoms with Crippen molar-refractivity contribution < 1.29 is 14.6 Å². The van der Waals surface area contributed by atoms with Gasteiger partial charge in [0.15, 0.2) is 0 Å². The molecule has 0 radical (unpaired) electrons. The minimum Gasteiger partial charge on any atom is -0.478 e. The zero-order valence-corrected chi connectivity index (χ0v) is 21.5. The molecular weight excluding hydrogens is 526 g/mol. The number of carbonyl (C=O) groups is 1. The highest BCUT2D eigenvalue weighted by molar-refractivity contribution is 9.10. The van der Waals surface area contributed by atoms with Gasteiger partial charge in [0, 0.05) is 42.2 Å². The Morgan fingerprint density at radius 2 is 2.11 bits per heavy atom. The highest BCUT2D eigenvalue weighted by Gasteiger charge is 2.19. The topological polar surface area (TPSA) is 125 Å². The second kappa shape index (κ2) is 9.65. The first-order chi connectivity index (χ1) is 17.3. The van der Waals surface area contributed by atoms with E-state index in [1.807, 2.05) is 18.2 Å². The normalized spacial score (nSPS) is 12.4. The molecule has 0 spiro atoms. The van der Waals surface area contributed by atoms with Gasteiger partial charge in [0.05, 0.1) is 35.0 Å². The molecule has 4 heterocycles. The Morgan fingerprint density at radius 3 is 2.92 bits per heavy atom. The second-order valence-corrected chi connectivity index (χ2v) is 9.82. The molecule has 4 aromatic heterocycles. The van der Waals surface area contributed by atoms with E-state index < -0.39 is 5.97 Å². The number of aromatic nitrogens is 6. The van der Waals surface area contributed by atoms with Crippen LogP contribution in [-0.4, -0.2) is 46.4 Å². The molecule has 0 amide bonds. The van der Waals surface area contributed by atoms with Crippen LogP contribution in [0.25, 0.3) is 27.8 Å². The molecule has 1 aromatic carbocycles. The predicted octanol–water partition coefficient (Wildman–Crippen LogP) is 4.62. The molecule has 3 N–H and O–H groups in total. The van der Waals surface area contributed by atoms with Crippen molar-refractivity contribution in [3.63, 3.8) is 0 Å². The van der Waals surface area contributed by atoms with E-state index >= 15 is 0 Å². The molecular formula is C25H26BrN7O3. The SMILES string of the molecule is C[C@H](CCCOc1c(-c2cc(C(=O)O)cn3ccnc23)cnn1C)Cn1c(N)nc2ccc(Br)cc21. The number of nitrogens with two attached hydrogens (primary N) is 1. The number of aryl methyl sites for hydroxylation is 1. The number of carboxylic acids is 1. The first kappa shape index (κ1) is 23.9. The fourth-order valence-electron chi connectivity index (χ4n) is 4.44. The third-order valence-electron chi connectivity index (χ3n) is 6.22. The first-order valence-corrected chi connectivity index (χ1v) is 12.4. The van der Waals surface area contributed by atoms with Crippen molar-refractivity contribution in [1.82, 2.24) is 28.7 Å². The number of ether oxygens (including phenoxy) is 1. The maximum Gasteiger partial charge on any atom is 0.337 e. The van der Waals surface area contributed by atoms with Crippen LogP contribution < -0.4 is 10.5 Å². The fraction of sp³-hybridized carbons (Fsp3) is 0.280. The zero-order valence-electron chi connectivity index (χ0n) is 19.9. The van der Waals surface area contributed by atoms with Crippen LogP contribution in [-0.2, 0) is 13.6 Å². The van der Waals surface area contributed by atoms with Crippen molar-refractivity contribution in [2.45, 2.75) is 26.3 Å². The summed E-state index contributed by atoms with van der Waals surface area (Å²) in [5.41, 5.74) is 10.2. The van der Waals surface area contributed by atoms with Crippen LogP contribution in [0.3, 0.4) is 0 Å². The minimum absolute atomic E-state index is 0.164. The number of carboxylic acid groups (broad SMARTS) is 1. The Bertz CT molecular complexity index is 1570. The monoisotopic (exact) mass is 551 g/mol. The van der Waals surface area contributed by atoms with Gasteiger partial charge in [0.25, 0.3) is 0 Å². The van der Waals surface area contributed by atoms with Gasteiger partial charge in [-0.05, 0) is 43.0 Å². The molecule has 0 saturated heterocycles. The largest absolute Gasteiger partial charge is 0.478 e. The smallest absolute Gasteiger partial charge is 0.337 e. The number of hydrogen-bond donors (Lipinski definition) is 2. The summed E-state index contributed by atoms with van der Waals surface area (Å²) in [6.07, 6.45) is 8.34. The van der Waals surface area contributed by atoms with Crippen LogP contribution in [0, 0.1) is 5.92 Å². The van der Waals surface area contributed by atoms with Gasteiger partial charge in [-0.1, -0.05) is 22.9 Å². The summed E-state index contributed by atoms with van der Waals surface area (Å²) in [5, 5.41) is 13.9. The van der Waals surface area contributed by atoms with Gasteiger partial charge in [0.2, 0.25) is 11.8 Å². The summed E-state index contributed by atoms with van der Waals surface area (Å²) in [7, 11) is 1.80. The number of nitrogen functional groups attached to an aromatic ring is 1. The molecule has 0 aliphatic carbocycles. The van der Waals surface area contributed by atoms with Crippen LogP contribution in [0.5, 0.6) is 5.88 Å². The number of fused-ring (bicyclic) bond motifs is 2. The Kier molecular flexibility index (Phi) is 6.40. The van der Waals surface area contributed by atoms with E-state index in [0.29, 0.717) is 41.1 Å². The highest BCUT2D eigenvalue weighted by Crippen LogP contribution is 2.33. The molecule has 1 atom stereocenters. The molecule has 0 fully saturated rings. The van der Waals surface area contributed by atoms with Crippen LogP contribution >= 0.6 is 15.9 Å². The molecule has 5 rings (SSSR count). The summed E-state index contributed by atoms with van der Waals surface area (Å²) in [5.74, 6) is 0.436. The Morgan fingerprint density at radius 1 is 1.28 bits per heavy atom. The van der Waals surface area contributed by atoms with Gasteiger partial charge >= 0.3 is 5.97 Å². The van der Waals surface area contributed by atoms with Crippen molar-refractivity contribution in [1.29, 1.82) is 0 Å². The van der Waals surface area contributed by atoms with Gasteiger partial charge in [-0.25, -0.2) is 19.4 Å². The molecule has 36 heavy (non-hydrogen) atoms. The summed E-state index contributed by atoms with van der Waals surface area (Å²) in [6.45, 7) is 3.44. The molecule has 0 unspecified atom stereocenters. The van der Waals surface area contributed by atoms with Crippen molar-refractivity contribution in [3.8, 4) is 17.0 Å². The lowest BCUT2D eigenvalue weighted by atomic mass is 10.1. The quantitative estimate of drug-likeness (QED) is 0.256. The van der Waals surface area contributed by atoms with E-state index in [2.05, 4.69) is 42.5 Å². The lowest BCUT2D eigenvalue weighted by Gasteiger charge is -2.15. The number of halogens is 1. The van der Waals surface area contributed by atoms with Crippen LogP contribution in [0.15, 0.2) is 53.5 Å². The van der Waals surface area contributed by atoms with E-state index in [1.165, 1.54) is 0 Å². The Balaban J connectivity index is 1.27. The predicted molar refractivity (Wildman–Crippen MR) is 140 cm³/mol. The van der Waals surface area contributed by atoms with E-state index in [4.69, 9.17) is 10.5 Å². The molecule has 0 saturated carbocycles. The number of pyridine rings is 1. The summed E-state index contributed by atoms with van der Waals surface area (Å²) < 4.78 is 12.5. The molecule has 0 aliphatic heterocycles. The third-order valence-corrected chi connectivity index (χ3v) is 6.72. The first-order valence-electron chi connectivity index (χ1n) is 11.6. The van der Waals surface area contributed by atoms with E-state index in [9.17, 15) is 9.90 Å². The van der Waals surface area contributed by atoms with Gasteiger partial charge < -0.3 is 24.5 Å². The Labute approximate surface area is 215 Å². The standard InChI is InChI=1S/C25H26BrN7O3/c1-15(13-33-21-11-17(26)5-6-20(21)30-25(33)27)4-3-9-36-23-19(12-29-31(23)2)18-10-16(24(34)35)14-32-8-7-28-22(18)32/h5-8,10-12,14-15H,3-4,9,13H2,1-2H3,(H2,27,30)(H,34,35)/t15-/m1/s1. The number of hydrogen-bond acceptors (Lipinski definition) is 6. The van der Waals surface area contributed by atoms with Crippen molar-refractivity contribution >= 4 is 44.5 Å². The van der Waals surface area contributed by atoms with Gasteiger partial charge in [-0.15, -0.1) is 0 Å². The zero-order chi connectivity index (χ0) is 25.4. The lowest BCUT2D eigenvalue weighted by molar-refractivity contribution is 0.0696. The average molecular weight is 552 g/mol. The van der Waals surface area contributed by atoms with E-state index in [0.717, 1.165) is 34.9 Å². The molecule has 0 bridgehead atoms. The second-order valence-electron chi connectivity index (χ2n) is 8.90. The van der Waals surface area contributed by atoms with E-state index in [-0.39, 0.29) is 5.56 Å². The number of benzene rings is 1. The van der Waals surface area contributed by atoms with E-state index in [1.54, 1.807) is 47.0 Å². The average Bonchev–Trinajstić information content (AvgIpc) is 3.54. The van der Waals surface area contributed by atoms with Gasteiger partial charge in [-0.2, -0.15) is 5.10 Å². The number of anilines is 1. The van der Waals surface area contributed by atoms with Crippen molar-refractivity contribution in [2.75, 3.05) is 12.3 Å². The maximum absolute atomic E-state index is 11.6. The van der Waals surface area contributed by atoms with Gasteiger partial charge in [-0.3, -0.25) is 0 Å². The fourth-order valence-corrected chi connectivity index (χ4v) is 4.79. The van der Waals surface area contributed by atoms with Crippen molar-refractivity contribution in [3.05, 3.63) is 59.1 Å². The molecule has 0 aliphatic rings. The summed E-state index contributed by atoms with van der Waals surface area (Å²) >= 11 is 3.52. The lowest BCUT2D eigenvalue weighted by Crippen LogP contribution is -2.12. The third kappa shape index (κ3) is 4.53. The molecule has 11 heteroatoms. The molecule has 10 nitrogen and oxygen atoms in total. The summed E-state index contributed by atoms with van der Waals surface area (Å²) in [6, 6.07) is 7.56. The van der Waals surface area contributed by atoms with Gasteiger partial charge in [0.1, 0.15) is 5.65 Å². The maximum atomic E-state index is 11.6. The Hall–Kier alpha value is -3.86. The summed E-state index contributed by atoms with van der Waals surface area (Å²) in [4.78, 5) is 20.5. The molecule has 186 valence electrons. The van der Waals surface area contributed by atoms with Crippen LogP contribution in [0.2, 0.25) is 0 Å². The number of rotatable bonds is 9. The number of imidazole rings is 2.